The molecule has 5 rings (SSSR count). The molecule has 1 saturated carbocycles. The lowest BCUT2D eigenvalue weighted by atomic mass is 9.86. The number of aliphatic hydroxyl groups is 1. The number of carbonyl (C=O) groups is 1. The summed E-state index contributed by atoms with van der Waals surface area (Å²) in [6, 6.07) is 23.1. The zero-order valence-corrected chi connectivity index (χ0v) is 23.3. The second-order valence-electron chi connectivity index (χ2n) is 11.1. The number of amides is 1. The number of benzene rings is 3. The van der Waals surface area contributed by atoms with Gasteiger partial charge >= 0.3 is 0 Å². The Morgan fingerprint density at radius 2 is 1.67 bits per heavy atom. The summed E-state index contributed by atoms with van der Waals surface area (Å²) in [4.78, 5) is 18.2. The number of anilines is 2. The van der Waals surface area contributed by atoms with Crippen LogP contribution >= 0.6 is 0 Å². The van der Waals surface area contributed by atoms with Gasteiger partial charge < -0.3 is 24.4 Å². The van der Waals surface area contributed by atoms with Crippen LogP contribution in [-0.2, 0) is 16.1 Å². The minimum absolute atomic E-state index is 0.0614. The van der Waals surface area contributed by atoms with E-state index >= 15 is 0 Å². The first-order valence-electron chi connectivity index (χ1n) is 14.0. The van der Waals surface area contributed by atoms with Crippen molar-refractivity contribution in [1.29, 1.82) is 0 Å². The standard InChI is InChI=1S/C33H40N2O4/c1-23-17-28(13-16-32(23)39-3)26-9-7-24(8-10-26)21-35(33(37)27-11-14-31(36)15-12-27)30-6-4-5-29(18-30)34-19-25(20-34)22-38-2/h4-10,13,16-18,25,27,31,36H,11-12,14-15,19-22H2,1-3H3. The van der Waals surface area contributed by atoms with Crippen LogP contribution in [0.5, 0.6) is 5.75 Å². The van der Waals surface area contributed by atoms with Crippen LogP contribution < -0.4 is 14.5 Å². The third kappa shape index (κ3) is 6.29. The summed E-state index contributed by atoms with van der Waals surface area (Å²) in [5.41, 5.74) is 6.53. The molecule has 6 heteroatoms. The molecule has 0 aromatic heterocycles. The lowest BCUT2D eigenvalue weighted by Gasteiger charge is -2.41. The molecule has 1 N–H and O–H groups in total. The number of aryl methyl sites for hydroxylation is 1. The monoisotopic (exact) mass is 528 g/mol. The molecule has 2 fully saturated rings. The van der Waals surface area contributed by atoms with Crippen molar-refractivity contribution in [3.05, 3.63) is 77.9 Å². The fourth-order valence-electron chi connectivity index (χ4n) is 5.86. The van der Waals surface area contributed by atoms with Gasteiger partial charge in [-0.1, -0.05) is 36.4 Å². The molecule has 206 valence electrons. The van der Waals surface area contributed by atoms with E-state index in [1.807, 2.05) is 23.1 Å². The summed E-state index contributed by atoms with van der Waals surface area (Å²) in [7, 11) is 3.44. The lowest BCUT2D eigenvalue weighted by molar-refractivity contribution is -0.124. The quantitative estimate of drug-likeness (QED) is 0.378. The van der Waals surface area contributed by atoms with E-state index in [4.69, 9.17) is 9.47 Å². The van der Waals surface area contributed by atoms with E-state index in [1.54, 1.807) is 14.2 Å². The molecule has 0 spiro atoms. The van der Waals surface area contributed by atoms with Crippen LogP contribution in [0.4, 0.5) is 11.4 Å². The number of methoxy groups -OCH3 is 2. The molecule has 0 atom stereocenters. The summed E-state index contributed by atoms with van der Waals surface area (Å²) in [6.45, 7) is 5.28. The Bertz CT molecular complexity index is 1260. The highest BCUT2D eigenvalue weighted by molar-refractivity contribution is 5.95. The highest BCUT2D eigenvalue weighted by Crippen LogP contribution is 2.33. The van der Waals surface area contributed by atoms with Crippen molar-refractivity contribution in [2.45, 2.75) is 45.3 Å². The van der Waals surface area contributed by atoms with E-state index in [9.17, 15) is 9.90 Å². The molecule has 6 nitrogen and oxygen atoms in total. The maximum Gasteiger partial charge on any atom is 0.230 e. The van der Waals surface area contributed by atoms with Gasteiger partial charge in [0.05, 0.1) is 26.4 Å². The number of carbonyl (C=O) groups excluding carboxylic acids is 1. The number of hydrogen-bond acceptors (Lipinski definition) is 5. The molecule has 3 aromatic rings. The summed E-state index contributed by atoms with van der Waals surface area (Å²) >= 11 is 0. The van der Waals surface area contributed by atoms with E-state index in [2.05, 4.69) is 60.4 Å². The first-order chi connectivity index (χ1) is 18.9. The Morgan fingerprint density at radius 3 is 2.33 bits per heavy atom. The molecule has 39 heavy (non-hydrogen) atoms. The van der Waals surface area contributed by atoms with E-state index in [-0.39, 0.29) is 17.9 Å². The molecule has 1 amide bonds. The third-order valence-electron chi connectivity index (χ3n) is 8.20. The summed E-state index contributed by atoms with van der Waals surface area (Å²) < 4.78 is 10.7. The lowest BCUT2D eigenvalue weighted by Crippen LogP contribution is -2.48. The van der Waals surface area contributed by atoms with Gasteiger partial charge in [-0.25, -0.2) is 0 Å². The molecular weight excluding hydrogens is 488 g/mol. The predicted molar refractivity (Wildman–Crippen MR) is 156 cm³/mol. The Kier molecular flexibility index (Phi) is 8.53. The molecule has 0 unspecified atom stereocenters. The summed E-state index contributed by atoms with van der Waals surface area (Å²) in [6.07, 6.45) is 2.56. The van der Waals surface area contributed by atoms with Gasteiger partial charge in [0.15, 0.2) is 0 Å². The highest BCUT2D eigenvalue weighted by Gasteiger charge is 2.31. The zero-order chi connectivity index (χ0) is 27.4. The van der Waals surface area contributed by atoms with Crippen molar-refractivity contribution in [2.24, 2.45) is 11.8 Å². The van der Waals surface area contributed by atoms with Crippen molar-refractivity contribution in [3.63, 3.8) is 0 Å². The van der Waals surface area contributed by atoms with Crippen LogP contribution in [-0.4, -0.2) is 51.0 Å². The van der Waals surface area contributed by atoms with E-state index < -0.39 is 0 Å². The normalized spacial score (nSPS) is 19.4. The Balaban J connectivity index is 1.37. The molecule has 0 bridgehead atoms. The van der Waals surface area contributed by atoms with Crippen LogP contribution in [0.1, 0.15) is 36.8 Å². The van der Waals surface area contributed by atoms with Gasteiger partial charge in [-0.05, 0) is 85.2 Å². The Labute approximate surface area is 232 Å². The van der Waals surface area contributed by atoms with Crippen molar-refractivity contribution in [1.82, 2.24) is 0 Å². The summed E-state index contributed by atoms with van der Waals surface area (Å²) in [5, 5.41) is 10.0. The van der Waals surface area contributed by atoms with E-state index in [1.165, 1.54) is 0 Å². The van der Waals surface area contributed by atoms with Crippen molar-refractivity contribution >= 4 is 17.3 Å². The van der Waals surface area contributed by atoms with Gasteiger partial charge in [-0.2, -0.15) is 0 Å². The molecule has 3 aromatic carbocycles. The molecule has 0 radical (unpaired) electrons. The van der Waals surface area contributed by atoms with Gasteiger partial charge in [0, 0.05) is 43.4 Å². The number of rotatable bonds is 9. The maximum absolute atomic E-state index is 13.9. The van der Waals surface area contributed by atoms with Crippen LogP contribution in [0.3, 0.4) is 0 Å². The van der Waals surface area contributed by atoms with Crippen LogP contribution in [0.15, 0.2) is 66.7 Å². The van der Waals surface area contributed by atoms with Crippen molar-refractivity contribution in [2.75, 3.05) is 43.7 Å². The van der Waals surface area contributed by atoms with Gasteiger partial charge in [0.1, 0.15) is 5.75 Å². The average molecular weight is 529 g/mol. The Hall–Kier alpha value is -3.35. The van der Waals surface area contributed by atoms with Gasteiger partial charge in [0.25, 0.3) is 0 Å². The number of hydrogen-bond donors (Lipinski definition) is 1. The van der Waals surface area contributed by atoms with Gasteiger partial charge in [-0.15, -0.1) is 0 Å². The van der Waals surface area contributed by atoms with Crippen LogP contribution in [0.2, 0.25) is 0 Å². The van der Waals surface area contributed by atoms with E-state index in [0.29, 0.717) is 25.3 Å². The first-order valence-corrected chi connectivity index (χ1v) is 14.0. The molecular formula is C33H40N2O4. The van der Waals surface area contributed by atoms with Crippen LogP contribution in [0, 0.1) is 18.8 Å². The zero-order valence-electron chi connectivity index (χ0n) is 23.3. The molecule has 1 aliphatic carbocycles. The van der Waals surface area contributed by atoms with E-state index in [0.717, 1.165) is 71.9 Å². The van der Waals surface area contributed by atoms with Crippen LogP contribution in [0.25, 0.3) is 11.1 Å². The minimum Gasteiger partial charge on any atom is -0.496 e. The number of nitrogens with zero attached hydrogens (tertiary/aromatic N) is 2. The highest BCUT2D eigenvalue weighted by atomic mass is 16.5. The first kappa shape index (κ1) is 27.2. The Morgan fingerprint density at radius 1 is 0.949 bits per heavy atom. The summed E-state index contributed by atoms with van der Waals surface area (Å²) in [5.74, 6) is 1.52. The fraction of sp³-hybridized carbons (Fsp3) is 0.424. The fourth-order valence-corrected chi connectivity index (χ4v) is 5.86. The molecule has 1 aliphatic heterocycles. The molecule has 1 saturated heterocycles. The van der Waals surface area contributed by atoms with Gasteiger partial charge in [-0.3, -0.25) is 4.79 Å². The molecule has 2 aliphatic rings. The average Bonchev–Trinajstić information content (AvgIpc) is 2.94. The van der Waals surface area contributed by atoms with Crippen molar-refractivity contribution < 1.29 is 19.4 Å². The van der Waals surface area contributed by atoms with Crippen molar-refractivity contribution in [3.8, 4) is 16.9 Å². The largest absolute Gasteiger partial charge is 0.496 e. The smallest absolute Gasteiger partial charge is 0.230 e. The number of aliphatic hydroxyl groups excluding tert-OH is 1. The number of ether oxygens (including phenoxy) is 2. The third-order valence-corrected chi connectivity index (χ3v) is 8.20. The second-order valence-corrected chi connectivity index (χ2v) is 11.1. The molecule has 1 heterocycles. The predicted octanol–water partition coefficient (Wildman–Crippen LogP) is 5.84. The maximum atomic E-state index is 13.9. The minimum atomic E-state index is -0.286. The topological polar surface area (TPSA) is 62.2 Å². The van der Waals surface area contributed by atoms with Gasteiger partial charge in [0.2, 0.25) is 5.91 Å². The SMILES string of the molecule is COCC1CN(c2cccc(N(Cc3ccc(-c4ccc(OC)c(C)c4)cc3)C(=O)C3CCC(O)CC3)c2)C1. The second kappa shape index (κ2) is 12.2.